The van der Waals surface area contributed by atoms with E-state index >= 15 is 0 Å². The number of halogens is 2. The number of hydrogen-bond donors (Lipinski definition) is 1. The zero-order chi connectivity index (χ0) is 18.8. The summed E-state index contributed by atoms with van der Waals surface area (Å²) in [5.41, 5.74) is 0.567. The fourth-order valence-corrected chi connectivity index (χ4v) is 2.59. The molecule has 26 heavy (non-hydrogen) atoms. The van der Waals surface area contributed by atoms with Gasteiger partial charge in [0.1, 0.15) is 11.5 Å². The predicted molar refractivity (Wildman–Crippen MR) is 107 cm³/mol. The number of anilines is 1. The van der Waals surface area contributed by atoms with Crippen LogP contribution in [-0.4, -0.2) is 19.1 Å². The molecule has 0 fully saturated rings. The number of benzene rings is 2. The third-order valence-electron chi connectivity index (χ3n) is 3.65. The van der Waals surface area contributed by atoms with Crippen LogP contribution in [0.4, 0.5) is 5.69 Å². The fraction of sp³-hybridized carbons (Fsp3) is 0.350. The second-order valence-corrected chi connectivity index (χ2v) is 6.66. The average molecular weight is 396 g/mol. The fourth-order valence-electron chi connectivity index (χ4n) is 2.29. The van der Waals surface area contributed by atoms with Gasteiger partial charge in [0.05, 0.1) is 16.7 Å². The van der Waals surface area contributed by atoms with E-state index in [0.29, 0.717) is 28.1 Å². The molecule has 1 amide bonds. The number of hydrogen-bond acceptors (Lipinski definition) is 3. The summed E-state index contributed by atoms with van der Waals surface area (Å²) in [5.74, 6) is 1.04. The molecule has 0 spiro atoms. The maximum Gasteiger partial charge on any atom is 0.262 e. The van der Waals surface area contributed by atoms with Crippen molar-refractivity contribution in [3.05, 3.63) is 52.5 Å². The smallest absolute Gasteiger partial charge is 0.262 e. The van der Waals surface area contributed by atoms with E-state index in [4.69, 9.17) is 32.7 Å². The Kier molecular flexibility index (Phi) is 8.59. The van der Waals surface area contributed by atoms with E-state index in [1.54, 1.807) is 30.3 Å². The highest BCUT2D eigenvalue weighted by Gasteiger charge is 2.06. The van der Waals surface area contributed by atoms with Crippen molar-refractivity contribution in [2.24, 2.45) is 0 Å². The molecule has 0 aromatic heterocycles. The molecule has 4 nitrogen and oxygen atoms in total. The molecule has 0 heterocycles. The number of amides is 1. The van der Waals surface area contributed by atoms with Crippen molar-refractivity contribution in [2.45, 2.75) is 32.6 Å². The lowest BCUT2D eigenvalue weighted by molar-refractivity contribution is -0.118. The normalized spacial score (nSPS) is 10.4. The molecule has 0 bridgehead atoms. The van der Waals surface area contributed by atoms with E-state index in [2.05, 4.69) is 12.2 Å². The molecule has 0 aliphatic heterocycles. The Labute approximate surface area is 164 Å². The first-order valence-corrected chi connectivity index (χ1v) is 9.44. The third kappa shape index (κ3) is 7.14. The number of carbonyl (C=O) groups excluding carboxylic acids is 1. The molecule has 140 valence electrons. The highest BCUT2D eigenvalue weighted by atomic mass is 35.5. The minimum absolute atomic E-state index is 0.111. The predicted octanol–water partition coefficient (Wildman–Crippen LogP) is 5.97. The van der Waals surface area contributed by atoms with Gasteiger partial charge in [0.2, 0.25) is 0 Å². The summed E-state index contributed by atoms with van der Waals surface area (Å²) in [4.78, 5) is 12.0. The van der Waals surface area contributed by atoms with Gasteiger partial charge in [-0.3, -0.25) is 4.79 Å². The van der Waals surface area contributed by atoms with E-state index in [0.717, 1.165) is 12.2 Å². The Morgan fingerprint density at radius 1 is 0.962 bits per heavy atom. The van der Waals surface area contributed by atoms with Crippen molar-refractivity contribution in [2.75, 3.05) is 18.5 Å². The van der Waals surface area contributed by atoms with Crippen LogP contribution in [0.15, 0.2) is 42.5 Å². The third-order valence-corrected chi connectivity index (χ3v) is 4.38. The van der Waals surface area contributed by atoms with Crippen LogP contribution in [0.5, 0.6) is 11.5 Å². The lowest BCUT2D eigenvalue weighted by atomic mass is 10.2. The van der Waals surface area contributed by atoms with E-state index in [1.807, 2.05) is 12.1 Å². The highest BCUT2D eigenvalue weighted by molar-refractivity contribution is 6.42. The summed E-state index contributed by atoms with van der Waals surface area (Å²) in [6.45, 7) is 2.75. The van der Waals surface area contributed by atoms with Gasteiger partial charge in [0, 0.05) is 11.8 Å². The van der Waals surface area contributed by atoms with Gasteiger partial charge >= 0.3 is 0 Å². The summed E-state index contributed by atoms with van der Waals surface area (Å²) in [6.07, 6.45) is 4.63. The topological polar surface area (TPSA) is 47.6 Å². The Bertz CT molecular complexity index is 722. The maximum atomic E-state index is 12.0. The van der Waals surface area contributed by atoms with Crippen molar-refractivity contribution in [1.82, 2.24) is 0 Å². The Hall–Kier alpha value is -1.91. The van der Waals surface area contributed by atoms with Crippen LogP contribution in [0.1, 0.15) is 32.6 Å². The van der Waals surface area contributed by atoms with Crippen molar-refractivity contribution < 1.29 is 14.3 Å². The molecule has 0 atom stereocenters. The SMILES string of the molecule is CCCCCCOc1cccc(OCC(=O)Nc2ccc(Cl)c(Cl)c2)c1. The molecule has 0 radical (unpaired) electrons. The van der Waals surface area contributed by atoms with Gasteiger partial charge in [-0.25, -0.2) is 0 Å². The molecule has 0 unspecified atom stereocenters. The van der Waals surface area contributed by atoms with Crippen LogP contribution < -0.4 is 14.8 Å². The average Bonchev–Trinajstić information content (AvgIpc) is 2.63. The second kappa shape index (κ2) is 10.9. The maximum absolute atomic E-state index is 12.0. The molecular formula is C20H23Cl2NO3. The van der Waals surface area contributed by atoms with Crippen LogP contribution in [0, 0.1) is 0 Å². The van der Waals surface area contributed by atoms with Gasteiger partial charge in [-0.2, -0.15) is 0 Å². The van der Waals surface area contributed by atoms with Crippen molar-refractivity contribution >= 4 is 34.8 Å². The first-order valence-electron chi connectivity index (χ1n) is 8.69. The van der Waals surface area contributed by atoms with E-state index in [1.165, 1.54) is 19.3 Å². The quantitative estimate of drug-likeness (QED) is 0.504. The monoisotopic (exact) mass is 395 g/mol. The molecule has 2 aromatic carbocycles. The summed E-state index contributed by atoms with van der Waals surface area (Å²) >= 11 is 11.8. The van der Waals surface area contributed by atoms with Crippen LogP contribution in [0.2, 0.25) is 10.0 Å². The Morgan fingerprint density at radius 3 is 2.46 bits per heavy atom. The van der Waals surface area contributed by atoms with Crippen LogP contribution in [-0.2, 0) is 4.79 Å². The molecule has 0 aliphatic carbocycles. The van der Waals surface area contributed by atoms with Gasteiger partial charge < -0.3 is 14.8 Å². The summed E-state index contributed by atoms with van der Waals surface area (Å²) in [7, 11) is 0. The van der Waals surface area contributed by atoms with E-state index < -0.39 is 0 Å². The zero-order valence-electron chi connectivity index (χ0n) is 14.8. The zero-order valence-corrected chi connectivity index (χ0v) is 16.3. The van der Waals surface area contributed by atoms with Crippen LogP contribution in [0.25, 0.3) is 0 Å². The minimum atomic E-state index is -0.283. The molecule has 0 saturated carbocycles. The number of nitrogens with one attached hydrogen (secondary N) is 1. The first-order chi connectivity index (χ1) is 12.6. The molecule has 0 saturated heterocycles. The number of ether oxygens (including phenoxy) is 2. The lowest BCUT2D eigenvalue weighted by Crippen LogP contribution is -2.20. The first kappa shape index (κ1) is 20.4. The molecule has 0 aliphatic rings. The largest absolute Gasteiger partial charge is 0.493 e. The van der Waals surface area contributed by atoms with Gasteiger partial charge in [-0.05, 0) is 36.8 Å². The van der Waals surface area contributed by atoms with Crippen LogP contribution in [0.3, 0.4) is 0 Å². The number of rotatable bonds is 10. The second-order valence-electron chi connectivity index (χ2n) is 5.85. The van der Waals surface area contributed by atoms with Crippen molar-refractivity contribution in [3.8, 4) is 11.5 Å². The molecular weight excluding hydrogens is 373 g/mol. The summed E-state index contributed by atoms with van der Waals surface area (Å²) < 4.78 is 11.2. The highest BCUT2D eigenvalue weighted by Crippen LogP contribution is 2.25. The molecule has 1 N–H and O–H groups in total. The van der Waals surface area contributed by atoms with Crippen LogP contribution >= 0.6 is 23.2 Å². The van der Waals surface area contributed by atoms with Gasteiger partial charge in [-0.15, -0.1) is 0 Å². The Morgan fingerprint density at radius 2 is 1.73 bits per heavy atom. The van der Waals surface area contributed by atoms with Crippen molar-refractivity contribution in [3.63, 3.8) is 0 Å². The van der Waals surface area contributed by atoms with Gasteiger partial charge in [0.15, 0.2) is 6.61 Å². The van der Waals surface area contributed by atoms with Gasteiger partial charge in [-0.1, -0.05) is 55.5 Å². The van der Waals surface area contributed by atoms with Gasteiger partial charge in [0.25, 0.3) is 5.91 Å². The van der Waals surface area contributed by atoms with E-state index in [-0.39, 0.29) is 12.5 Å². The molecule has 6 heteroatoms. The van der Waals surface area contributed by atoms with Crippen molar-refractivity contribution in [1.29, 1.82) is 0 Å². The lowest BCUT2D eigenvalue weighted by Gasteiger charge is -2.10. The Balaban J connectivity index is 1.78. The molecule has 2 aromatic rings. The summed E-state index contributed by atoms with van der Waals surface area (Å²) in [6, 6.07) is 12.2. The number of carbonyl (C=O) groups is 1. The minimum Gasteiger partial charge on any atom is -0.493 e. The summed E-state index contributed by atoms with van der Waals surface area (Å²) in [5, 5.41) is 3.53. The molecule has 2 rings (SSSR count). The number of unbranched alkanes of at least 4 members (excludes halogenated alkanes) is 3. The van der Waals surface area contributed by atoms with E-state index in [9.17, 15) is 4.79 Å². The standard InChI is InChI=1S/C20H23Cl2NO3/c1-2-3-4-5-11-25-16-7-6-8-17(13-16)26-14-20(24)23-15-9-10-18(21)19(22)12-15/h6-10,12-13H,2-5,11,14H2,1H3,(H,23,24).